The highest BCUT2D eigenvalue weighted by Crippen LogP contribution is 2.17. The highest BCUT2D eigenvalue weighted by molar-refractivity contribution is 5.93. The molecule has 0 aliphatic heterocycles. The summed E-state index contributed by atoms with van der Waals surface area (Å²) in [5, 5.41) is 17.4. The van der Waals surface area contributed by atoms with Gasteiger partial charge in [-0.15, -0.1) is 0 Å². The summed E-state index contributed by atoms with van der Waals surface area (Å²) in [6.45, 7) is 4.88. The first-order valence-electron chi connectivity index (χ1n) is 4.18. The highest BCUT2D eigenvalue weighted by atomic mass is 16.4. The molecule has 0 amide bonds. The van der Waals surface area contributed by atoms with Crippen LogP contribution in [0, 0.1) is 0 Å². The molecule has 4 nitrogen and oxygen atoms in total. The summed E-state index contributed by atoms with van der Waals surface area (Å²) < 4.78 is 0. The number of carboxylic acid groups (broad SMARTS) is 2. The molecule has 0 unspecified atom stereocenters. The zero-order valence-electron chi connectivity index (χ0n) is 8.50. The third-order valence-corrected chi connectivity index (χ3v) is 1.88. The summed E-state index contributed by atoms with van der Waals surface area (Å²) in [6.07, 6.45) is 1.40. The molecule has 0 spiro atoms. The predicted octanol–water partition coefficient (Wildman–Crippen LogP) is 1.83. The van der Waals surface area contributed by atoms with Gasteiger partial charge in [0.05, 0.1) is 12.0 Å². The molecule has 0 fully saturated rings. The van der Waals surface area contributed by atoms with Crippen LogP contribution in [0.3, 0.4) is 0 Å². The van der Waals surface area contributed by atoms with E-state index in [2.05, 4.69) is 0 Å². The molecule has 14 heavy (non-hydrogen) atoms. The van der Waals surface area contributed by atoms with Crippen LogP contribution >= 0.6 is 0 Å². The molecule has 0 saturated carbocycles. The Labute approximate surface area is 82.6 Å². The van der Waals surface area contributed by atoms with Crippen LogP contribution < -0.4 is 0 Å². The molecule has 0 aromatic carbocycles. The van der Waals surface area contributed by atoms with Gasteiger partial charge in [-0.25, -0.2) is 4.79 Å². The molecule has 0 radical (unpaired) electrons. The van der Waals surface area contributed by atoms with Crippen molar-refractivity contribution in [1.29, 1.82) is 0 Å². The second-order valence-electron chi connectivity index (χ2n) is 3.00. The number of aliphatic carboxylic acids is 2. The lowest BCUT2D eigenvalue weighted by molar-refractivity contribution is -0.136. The minimum absolute atomic E-state index is 0.0925. The first kappa shape index (κ1) is 12.4. The molecule has 0 heterocycles. The molecule has 78 valence electrons. The fourth-order valence-corrected chi connectivity index (χ4v) is 1.15. The fourth-order valence-electron chi connectivity index (χ4n) is 1.15. The SMILES string of the molecule is C/C=C(C)/C(C(=O)O)=C(\C)CC(=O)O. The van der Waals surface area contributed by atoms with E-state index in [-0.39, 0.29) is 12.0 Å². The Balaban J connectivity index is 5.16. The van der Waals surface area contributed by atoms with E-state index in [1.165, 1.54) is 6.92 Å². The smallest absolute Gasteiger partial charge is 0.335 e. The summed E-state index contributed by atoms with van der Waals surface area (Å²) in [5.74, 6) is -2.11. The van der Waals surface area contributed by atoms with Crippen LogP contribution in [0.15, 0.2) is 22.8 Å². The van der Waals surface area contributed by atoms with Crippen LogP contribution in [0.2, 0.25) is 0 Å². The summed E-state index contributed by atoms with van der Waals surface area (Å²) in [6, 6.07) is 0. The van der Waals surface area contributed by atoms with Crippen LogP contribution in [-0.2, 0) is 9.59 Å². The molecule has 4 heteroatoms. The molecule has 0 aromatic heterocycles. The second-order valence-corrected chi connectivity index (χ2v) is 3.00. The van der Waals surface area contributed by atoms with Gasteiger partial charge < -0.3 is 10.2 Å². The zero-order valence-corrected chi connectivity index (χ0v) is 8.50. The minimum atomic E-state index is -1.08. The average Bonchev–Trinajstić information content (AvgIpc) is 2.01. The summed E-state index contributed by atoms with van der Waals surface area (Å²) in [7, 11) is 0. The number of carboxylic acids is 2. The maximum absolute atomic E-state index is 10.8. The Morgan fingerprint density at radius 1 is 1.21 bits per heavy atom. The summed E-state index contributed by atoms with van der Waals surface area (Å²) >= 11 is 0. The van der Waals surface area contributed by atoms with E-state index in [0.717, 1.165) is 0 Å². The summed E-state index contributed by atoms with van der Waals surface area (Å²) in [5.41, 5.74) is 1.03. The minimum Gasteiger partial charge on any atom is -0.481 e. The molecule has 2 N–H and O–H groups in total. The first-order valence-corrected chi connectivity index (χ1v) is 4.18. The quantitative estimate of drug-likeness (QED) is 0.533. The van der Waals surface area contributed by atoms with Gasteiger partial charge in [0, 0.05) is 0 Å². The second kappa shape index (κ2) is 5.21. The topological polar surface area (TPSA) is 74.6 Å². The van der Waals surface area contributed by atoms with E-state index in [1.807, 2.05) is 0 Å². The van der Waals surface area contributed by atoms with Gasteiger partial charge in [0.1, 0.15) is 0 Å². The Morgan fingerprint density at radius 2 is 1.71 bits per heavy atom. The Morgan fingerprint density at radius 3 is 2.00 bits per heavy atom. The normalized spacial score (nSPS) is 13.5. The number of allylic oxidation sites excluding steroid dienone is 1. The van der Waals surface area contributed by atoms with E-state index in [9.17, 15) is 9.59 Å². The molecule has 0 bridgehead atoms. The monoisotopic (exact) mass is 198 g/mol. The molecule has 0 atom stereocenters. The van der Waals surface area contributed by atoms with Gasteiger partial charge in [0.2, 0.25) is 0 Å². The van der Waals surface area contributed by atoms with Gasteiger partial charge in [-0.05, 0) is 31.9 Å². The first-order chi connectivity index (χ1) is 6.40. The van der Waals surface area contributed by atoms with Crippen LogP contribution in [0.4, 0.5) is 0 Å². The number of hydrogen-bond acceptors (Lipinski definition) is 2. The molecule has 0 aliphatic carbocycles. The van der Waals surface area contributed by atoms with Gasteiger partial charge >= 0.3 is 11.9 Å². The van der Waals surface area contributed by atoms with Crippen molar-refractivity contribution in [2.24, 2.45) is 0 Å². The Bertz CT molecular complexity index is 310. The highest BCUT2D eigenvalue weighted by Gasteiger charge is 2.14. The molecule has 0 saturated heterocycles. The van der Waals surface area contributed by atoms with E-state index in [0.29, 0.717) is 11.1 Å². The van der Waals surface area contributed by atoms with Crippen molar-refractivity contribution in [3.8, 4) is 0 Å². The van der Waals surface area contributed by atoms with Gasteiger partial charge in [-0.1, -0.05) is 6.08 Å². The maximum atomic E-state index is 10.8. The maximum Gasteiger partial charge on any atom is 0.335 e. The number of carbonyl (C=O) groups is 2. The molecular weight excluding hydrogens is 184 g/mol. The lowest BCUT2D eigenvalue weighted by Crippen LogP contribution is -2.07. The van der Waals surface area contributed by atoms with Crippen LogP contribution in [0.1, 0.15) is 27.2 Å². The van der Waals surface area contributed by atoms with Crippen molar-refractivity contribution in [2.45, 2.75) is 27.2 Å². The predicted molar refractivity (Wildman–Crippen MR) is 52.0 cm³/mol. The van der Waals surface area contributed by atoms with Crippen LogP contribution in [-0.4, -0.2) is 22.2 Å². The Kier molecular flexibility index (Phi) is 4.63. The molecule has 0 aliphatic rings. The van der Waals surface area contributed by atoms with Crippen molar-refractivity contribution in [2.75, 3.05) is 0 Å². The molecular formula is C10H14O4. The number of rotatable bonds is 4. The van der Waals surface area contributed by atoms with Crippen molar-refractivity contribution in [1.82, 2.24) is 0 Å². The molecule has 0 aromatic rings. The third-order valence-electron chi connectivity index (χ3n) is 1.88. The van der Waals surface area contributed by atoms with Crippen molar-refractivity contribution < 1.29 is 19.8 Å². The van der Waals surface area contributed by atoms with Gasteiger partial charge in [-0.2, -0.15) is 0 Å². The van der Waals surface area contributed by atoms with Gasteiger partial charge in [0.15, 0.2) is 0 Å². The fraction of sp³-hybridized carbons (Fsp3) is 0.400. The van der Waals surface area contributed by atoms with Crippen LogP contribution in [0.25, 0.3) is 0 Å². The van der Waals surface area contributed by atoms with E-state index in [4.69, 9.17) is 10.2 Å². The van der Waals surface area contributed by atoms with Gasteiger partial charge in [-0.3, -0.25) is 4.79 Å². The van der Waals surface area contributed by atoms with E-state index >= 15 is 0 Å². The molecule has 0 rings (SSSR count). The average molecular weight is 198 g/mol. The number of hydrogen-bond donors (Lipinski definition) is 2. The van der Waals surface area contributed by atoms with E-state index < -0.39 is 11.9 Å². The lowest BCUT2D eigenvalue weighted by Gasteiger charge is -2.06. The Hall–Kier alpha value is -1.58. The van der Waals surface area contributed by atoms with Crippen LogP contribution in [0.5, 0.6) is 0 Å². The largest absolute Gasteiger partial charge is 0.481 e. The zero-order chi connectivity index (χ0) is 11.3. The lowest BCUT2D eigenvalue weighted by atomic mass is 10.00. The van der Waals surface area contributed by atoms with E-state index in [1.54, 1.807) is 19.9 Å². The third kappa shape index (κ3) is 3.43. The standard InChI is InChI=1S/C10H14O4/c1-4-6(2)9(10(13)14)7(3)5-8(11)12/h4H,5H2,1-3H3,(H,11,12)(H,13,14)/b6-4+,9-7-. The van der Waals surface area contributed by atoms with Gasteiger partial charge in [0.25, 0.3) is 0 Å². The van der Waals surface area contributed by atoms with Crippen molar-refractivity contribution in [3.63, 3.8) is 0 Å². The van der Waals surface area contributed by atoms with Crippen molar-refractivity contribution in [3.05, 3.63) is 22.8 Å². The van der Waals surface area contributed by atoms with Crippen molar-refractivity contribution >= 4 is 11.9 Å². The summed E-state index contributed by atoms with van der Waals surface area (Å²) in [4.78, 5) is 21.2.